The molecule has 0 radical (unpaired) electrons. The van der Waals surface area contributed by atoms with E-state index in [2.05, 4.69) is 22.8 Å². The van der Waals surface area contributed by atoms with Crippen molar-refractivity contribution in [3.63, 3.8) is 0 Å². The van der Waals surface area contributed by atoms with Gasteiger partial charge in [-0.3, -0.25) is 9.59 Å². The second-order valence-corrected chi connectivity index (χ2v) is 7.97. The van der Waals surface area contributed by atoms with Crippen molar-refractivity contribution in [3.8, 4) is 11.5 Å². The number of ether oxygens (including phenoxy) is 2. The van der Waals surface area contributed by atoms with Crippen molar-refractivity contribution in [1.82, 2.24) is 10.7 Å². The maximum absolute atomic E-state index is 11.9. The molecule has 1 aromatic rings. The van der Waals surface area contributed by atoms with Gasteiger partial charge in [-0.25, -0.2) is 5.43 Å². The molecule has 2 amide bonds. The van der Waals surface area contributed by atoms with Crippen LogP contribution in [0.4, 0.5) is 0 Å². The molecule has 32 heavy (non-hydrogen) atoms. The maximum Gasteiger partial charge on any atom is 0.259 e. The molecule has 0 saturated carbocycles. The number of nitrogens with one attached hydrogen (secondary N) is 2. The van der Waals surface area contributed by atoms with Crippen LogP contribution in [0.5, 0.6) is 11.5 Å². The minimum absolute atomic E-state index is 0.0832. The van der Waals surface area contributed by atoms with Crippen LogP contribution in [0.3, 0.4) is 0 Å². The first-order chi connectivity index (χ1) is 15.6. The van der Waals surface area contributed by atoms with Gasteiger partial charge in [0.1, 0.15) is 0 Å². The first kappa shape index (κ1) is 27.5. The van der Waals surface area contributed by atoms with E-state index in [4.69, 9.17) is 9.47 Å². The predicted octanol–water partition coefficient (Wildman–Crippen LogP) is 4.97. The van der Waals surface area contributed by atoms with Crippen LogP contribution >= 0.6 is 0 Å². The Morgan fingerprint density at radius 2 is 1.44 bits per heavy atom. The quantitative estimate of drug-likeness (QED) is 0.189. The summed E-state index contributed by atoms with van der Waals surface area (Å²) in [5, 5.41) is 6.55. The summed E-state index contributed by atoms with van der Waals surface area (Å²) in [6.07, 6.45) is 15.7. The Labute approximate surface area is 193 Å². The average molecular weight is 448 g/mol. The van der Waals surface area contributed by atoms with Crippen molar-refractivity contribution in [3.05, 3.63) is 23.8 Å². The molecule has 0 bridgehead atoms. The van der Waals surface area contributed by atoms with Gasteiger partial charge in [-0.15, -0.1) is 0 Å². The minimum atomic E-state index is -0.367. The lowest BCUT2D eigenvalue weighted by molar-refractivity contribution is -0.126. The molecule has 180 valence electrons. The van der Waals surface area contributed by atoms with Gasteiger partial charge in [0.2, 0.25) is 5.91 Å². The van der Waals surface area contributed by atoms with Crippen LogP contribution in [0.1, 0.15) is 89.5 Å². The molecule has 0 heterocycles. The third-order valence-electron chi connectivity index (χ3n) is 5.26. The fourth-order valence-electron chi connectivity index (χ4n) is 3.37. The highest BCUT2D eigenvalue weighted by atomic mass is 16.5. The molecule has 7 nitrogen and oxygen atoms in total. The van der Waals surface area contributed by atoms with E-state index >= 15 is 0 Å². The summed E-state index contributed by atoms with van der Waals surface area (Å²) in [5.74, 6) is 0.737. The molecule has 0 aliphatic rings. The number of amides is 2. The number of rotatable bonds is 18. The second-order valence-electron chi connectivity index (χ2n) is 7.97. The van der Waals surface area contributed by atoms with Crippen LogP contribution in [0.15, 0.2) is 23.3 Å². The first-order valence-electron chi connectivity index (χ1n) is 11.9. The van der Waals surface area contributed by atoms with E-state index in [1.807, 2.05) is 0 Å². The smallest absolute Gasteiger partial charge is 0.259 e. The molecule has 0 aliphatic carbocycles. The number of unbranched alkanes of at least 4 members (excludes halogenated alkanes) is 10. The third-order valence-corrected chi connectivity index (χ3v) is 5.26. The molecule has 1 aromatic carbocycles. The van der Waals surface area contributed by atoms with E-state index in [-0.39, 0.29) is 18.4 Å². The van der Waals surface area contributed by atoms with Crippen molar-refractivity contribution in [1.29, 1.82) is 0 Å². The Morgan fingerprint density at radius 1 is 0.844 bits per heavy atom. The fourth-order valence-corrected chi connectivity index (χ4v) is 3.37. The number of methoxy groups -OCH3 is 2. The van der Waals surface area contributed by atoms with Crippen LogP contribution < -0.4 is 20.2 Å². The van der Waals surface area contributed by atoms with E-state index in [9.17, 15) is 9.59 Å². The van der Waals surface area contributed by atoms with Crippen LogP contribution in [-0.4, -0.2) is 38.8 Å². The molecule has 0 aromatic heterocycles. The topological polar surface area (TPSA) is 89.0 Å². The molecule has 0 unspecified atom stereocenters. The van der Waals surface area contributed by atoms with Crippen molar-refractivity contribution in [2.75, 3.05) is 20.8 Å². The number of hydrogen-bond donors (Lipinski definition) is 2. The molecule has 1 rings (SSSR count). The third kappa shape index (κ3) is 13.0. The summed E-state index contributed by atoms with van der Waals surface area (Å²) in [5.41, 5.74) is 3.16. The average Bonchev–Trinajstić information content (AvgIpc) is 2.81. The molecule has 7 heteroatoms. The molecule has 0 saturated heterocycles. The Morgan fingerprint density at radius 3 is 2.03 bits per heavy atom. The Balaban J connectivity index is 2.07. The largest absolute Gasteiger partial charge is 0.493 e. The van der Waals surface area contributed by atoms with Crippen molar-refractivity contribution < 1.29 is 19.1 Å². The van der Waals surface area contributed by atoms with E-state index in [1.54, 1.807) is 32.4 Å². The molecular formula is C25H41N3O4. The van der Waals surface area contributed by atoms with Gasteiger partial charge >= 0.3 is 0 Å². The minimum Gasteiger partial charge on any atom is -0.493 e. The Kier molecular flexibility index (Phi) is 15.5. The summed E-state index contributed by atoms with van der Waals surface area (Å²) in [7, 11) is 3.12. The number of carbonyl (C=O) groups is 2. The first-order valence-corrected chi connectivity index (χ1v) is 11.9. The molecule has 0 aliphatic heterocycles. The highest BCUT2D eigenvalue weighted by Gasteiger charge is 2.05. The lowest BCUT2D eigenvalue weighted by Crippen LogP contribution is -2.34. The fraction of sp³-hybridized carbons (Fsp3) is 0.640. The highest BCUT2D eigenvalue weighted by molar-refractivity contribution is 5.86. The standard InChI is InChI=1S/C25H41N3O4/c1-4-5-6-7-8-9-10-11-12-13-14-15-24(29)26-20-25(30)28-27-19-21-16-17-22(31-2)23(18-21)32-3/h16-19H,4-15,20H2,1-3H3,(H,26,29)(H,28,30)/b27-19+. The van der Waals surface area contributed by atoms with Gasteiger partial charge in [-0.05, 0) is 30.2 Å². The Hall–Kier alpha value is -2.57. The lowest BCUT2D eigenvalue weighted by atomic mass is 10.1. The van der Waals surface area contributed by atoms with E-state index in [1.165, 1.54) is 64.0 Å². The molecule has 0 fully saturated rings. The van der Waals surface area contributed by atoms with Crippen molar-refractivity contribution in [2.45, 2.75) is 84.0 Å². The molecule has 0 atom stereocenters. The number of hydrogen-bond acceptors (Lipinski definition) is 5. The summed E-state index contributed by atoms with van der Waals surface area (Å²) < 4.78 is 10.4. The zero-order valence-corrected chi connectivity index (χ0v) is 20.1. The van der Waals surface area contributed by atoms with Crippen LogP contribution in [0.2, 0.25) is 0 Å². The number of benzene rings is 1. The predicted molar refractivity (Wildman–Crippen MR) is 129 cm³/mol. The molecular weight excluding hydrogens is 406 g/mol. The van der Waals surface area contributed by atoms with Gasteiger partial charge in [0.25, 0.3) is 5.91 Å². The summed E-state index contributed by atoms with van der Waals surface area (Å²) in [6, 6.07) is 5.31. The SMILES string of the molecule is CCCCCCCCCCCCCC(=O)NCC(=O)N/N=C/c1ccc(OC)c(OC)c1. The van der Waals surface area contributed by atoms with Gasteiger partial charge in [-0.2, -0.15) is 5.10 Å². The van der Waals surface area contributed by atoms with Gasteiger partial charge in [-0.1, -0.05) is 71.1 Å². The van der Waals surface area contributed by atoms with Gasteiger partial charge in [0, 0.05) is 6.42 Å². The second kappa shape index (κ2) is 18.0. The monoisotopic (exact) mass is 447 g/mol. The molecule has 2 N–H and O–H groups in total. The number of carbonyl (C=O) groups excluding carboxylic acids is 2. The van der Waals surface area contributed by atoms with E-state index in [0.29, 0.717) is 17.9 Å². The highest BCUT2D eigenvalue weighted by Crippen LogP contribution is 2.26. The summed E-state index contributed by atoms with van der Waals surface area (Å²) in [4.78, 5) is 23.7. The van der Waals surface area contributed by atoms with Crippen molar-refractivity contribution in [2.24, 2.45) is 5.10 Å². The van der Waals surface area contributed by atoms with Gasteiger partial charge in [0.05, 0.1) is 27.0 Å². The van der Waals surface area contributed by atoms with Gasteiger partial charge < -0.3 is 14.8 Å². The molecule has 0 spiro atoms. The lowest BCUT2D eigenvalue weighted by Gasteiger charge is -2.07. The van der Waals surface area contributed by atoms with Crippen LogP contribution in [-0.2, 0) is 9.59 Å². The summed E-state index contributed by atoms with van der Waals surface area (Å²) >= 11 is 0. The maximum atomic E-state index is 11.9. The van der Waals surface area contributed by atoms with Crippen molar-refractivity contribution >= 4 is 18.0 Å². The van der Waals surface area contributed by atoms with Crippen LogP contribution in [0, 0.1) is 0 Å². The zero-order chi connectivity index (χ0) is 23.4. The summed E-state index contributed by atoms with van der Waals surface area (Å²) in [6.45, 7) is 2.16. The Bertz CT molecular complexity index is 692. The van der Waals surface area contributed by atoms with Crippen LogP contribution in [0.25, 0.3) is 0 Å². The number of nitrogens with zero attached hydrogens (tertiary/aromatic N) is 1. The zero-order valence-electron chi connectivity index (χ0n) is 20.1. The van der Waals surface area contributed by atoms with E-state index in [0.717, 1.165) is 18.4 Å². The number of hydrazone groups is 1. The van der Waals surface area contributed by atoms with E-state index < -0.39 is 0 Å². The van der Waals surface area contributed by atoms with Gasteiger partial charge in [0.15, 0.2) is 11.5 Å². The normalized spacial score (nSPS) is 10.8.